The van der Waals surface area contributed by atoms with Crippen LogP contribution in [0.25, 0.3) is 0 Å². The number of rotatable bonds is 8. The molecule has 2 aliphatic rings. The molecule has 2 aromatic rings. The molecule has 174 valence electrons. The number of thiazole rings is 1. The number of oxime groups is 1. The van der Waals surface area contributed by atoms with Crippen molar-refractivity contribution >= 4 is 63.5 Å². The summed E-state index contributed by atoms with van der Waals surface area (Å²) >= 11 is 3.82. The highest BCUT2D eigenvalue weighted by Gasteiger charge is 2.53. The number of thioether (sulfide) groups is 2. The molecule has 1 fully saturated rings. The number of carboxylic acids is 1. The zero-order chi connectivity index (χ0) is 23.7. The van der Waals surface area contributed by atoms with Crippen LogP contribution in [0.2, 0.25) is 0 Å². The fraction of sp³-hybridized carbons (Fsp3) is 0.353. The van der Waals surface area contributed by atoms with E-state index < -0.39 is 29.9 Å². The van der Waals surface area contributed by atoms with E-state index in [1.807, 2.05) is 0 Å². The molecule has 0 radical (unpaired) electrons. The van der Waals surface area contributed by atoms with Crippen molar-refractivity contribution in [2.45, 2.75) is 30.0 Å². The predicted molar refractivity (Wildman–Crippen MR) is 121 cm³/mol. The number of nitrogen functional groups attached to an aromatic ring is 1. The molecule has 4 rings (SSSR count). The van der Waals surface area contributed by atoms with Gasteiger partial charge in [0.2, 0.25) is 0 Å². The van der Waals surface area contributed by atoms with Crippen molar-refractivity contribution in [1.29, 1.82) is 0 Å². The Kier molecular flexibility index (Phi) is 6.57. The third-order valence-corrected chi connectivity index (χ3v) is 7.82. The van der Waals surface area contributed by atoms with E-state index in [1.165, 1.54) is 38.6 Å². The smallest absolute Gasteiger partial charge is 0.353 e. The van der Waals surface area contributed by atoms with E-state index >= 15 is 0 Å². The number of amides is 2. The lowest BCUT2D eigenvalue weighted by Gasteiger charge is -2.50. The Balaban J connectivity index is 1.43. The molecule has 4 heterocycles. The summed E-state index contributed by atoms with van der Waals surface area (Å²) < 4.78 is 0. The molecule has 1 saturated heterocycles. The topological polar surface area (TPSA) is 189 Å². The largest absolute Gasteiger partial charge is 0.477 e. The highest BCUT2D eigenvalue weighted by atomic mass is 32.2. The number of nitrogens with one attached hydrogen (secondary N) is 1. The van der Waals surface area contributed by atoms with Gasteiger partial charge < -0.3 is 21.4 Å². The summed E-state index contributed by atoms with van der Waals surface area (Å²) in [6, 6.07) is -1.44. The lowest BCUT2D eigenvalue weighted by molar-refractivity contribution is -0.155. The first-order chi connectivity index (χ1) is 15.8. The highest BCUT2D eigenvalue weighted by molar-refractivity contribution is 8.17. The molecule has 0 aliphatic carbocycles. The molecular weight excluding hydrogens is 492 g/mol. The number of carbonyl (C=O) groups is 3. The van der Waals surface area contributed by atoms with Crippen molar-refractivity contribution < 1.29 is 24.7 Å². The Bertz CT molecular complexity index is 1180. The third kappa shape index (κ3) is 4.53. The number of carboxylic acid groups (broad SMARTS) is 1. The molecule has 0 saturated carbocycles. The van der Waals surface area contributed by atoms with Crippen LogP contribution in [0.3, 0.4) is 0 Å². The monoisotopic (exact) mass is 510 g/mol. The van der Waals surface area contributed by atoms with Crippen LogP contribution in [0.4, 0.5) is 5.13 Å². The molecule has 2 atom stereocenters. The Morgan fingerprint density at radius 1 is 1.42 bits per heavy atom. The third-order valence-electron chi connectivity index (χ3n) is 4.98. The molecule has 33 heavy (non-hydrogen) atoms. The molecule has 5 N–H and O–H groups in total. The summed E-state index contributed by atoms with van der Waals surface area (Å²) in [5.74, 6) is -2.55. The maximum Gasteiger partial charge on any atom is 0.353 e. The number of β-lactam (4-membered cyclic amide) rings is 1. The number of allylic oxidation sites excluding steroid dienone is 1. The fourth-order valence-corrected chi connectivity index (χ4v) is 6.26. The normalized spacial score (nSPS) is 20.5. The number of anilines is 1. The number of nitrogens with two attached hydrogens (primary N) is 1. The predicted octanol–water partition coefficient (Wildman–Crippen LogP) is 0.301. The summed E-state index contributed by atoms with van der Waals surface area (Å²) in [7, 11) is 1.70. The van der Waals surface area contributed by atoms with Crippen molar-refractivity contribution in [2.24, 2.45) is 12.2 Å². The average molecular weight is 511 g/mol. The summed E-state index contributed by atoms with van der Waals surface area (Å²) in [5, 5.41) is 35.5. The first-order valence-electron chi connectivity index (χ1n) is 9.46. The lowest BCUT2D eigenvalue weighted by Crippen LogP contribution is -2.72. The first-order valence-corrected chi connectivity index (χ1v) is 12.3. The van der Waals surface area contributed by atoms with Crippen molar-refractivity contribution in [3.05, 3.63) is 27.9 Å². The Labute approximate surface area is 199 Å². The molecule has 13 nitrogen and oxygen atoms in total. The van der Waals surface area contributed by atoms with Gasteiger partial charge in [-0.15, -0.1) is 28.2 Å². The van der Waals surface area contributed by atoms with Gasteiger partial charge in [0.1, 0.15) is 22.5 Å². The fourth-order valence-electron chi connectivity index (χ4n) is 3.54. The number of aliphatic carboxylic acids is 1. The average Bonchev–Trinajstić information content (AvgIpc) is 3.39. The SMILES string of the molecule is Cn1ncc(SCSC2=C(C(=O)O)N3C(=O)[C@@H](NC(=O)/C(=N\O)c4csc(N)n4)[C@H]3CC2)n1. The van der Waals surface area contributed by atoms with E-state index in [0.717, 1.165) is 11.3 Å². The van der Waals surface area contributed by atoms with Gasteiger partial charge in [-0.2, -0.15) is 9.90 Å². The van der Waals surface area contributed by atoms with Crippen LogP contribution in [0, 0.1) is 0 Å². The van der Waals surface area contributed by atoms with Crippen molar-refractivity contribution in [1.82, 2.24) is 30.2 Å². The second-order valence-corrected chi connectivity index (χ2v) is 10.3. The summed E-state index contributed by atoms with van der Waals surface area (Å²) in [6.45, 7) is 0. The first kappa shape index (κ1) is 23.1. The molecule has 16 heteroatoms. The number of hydrogen-bond donors (Lipinski definition) is 4. The van der Waals surface area contributed by atoms with Crippen LogP contribution in [-0.4, -0.2) is 75.9 Å². The van der Waals surface area contributed by atoms with E-state index in [4.69, 9.17) is 5.73 Å². The Morgan fingerprint density at radius 3 is 2.82 bits per heavy atom. The van der Waals surface area contributed by atoms with Crippen molar-refractivity contribution in [3.8, 4) is 0 Å². The molecule has 2 amide bonds. The molecule has 0 aromatic carbocycles. The Morgan fingerprint density at radius 2 is 2.21 bits per heavy atom. The molecule has 0 unspecified atom stereocenters. The maximum absolute atomic E-state index is 12.8. The Hall–Kier alpha value is -3.11. The lowest BCUT2D eigenvalue weighted by atomic mass is 9.86. The van der Waals surface area contributed by atoms with Gasteiger partial charge in [-0.1, -0.05) is 16.9 Å². The van der Waals surface area contributed by atoms with Gasteiger partial charge in [-0.05, 0) is 12.8 Å². The van der Waals surface area contributed by atoms with E-state index in [9.17, 15) is 24.7 Å². The molecule has 2 aromatic heterocycles. The zero-order valence-electron chi connectivity index (χ0n) is 17.0. The van der Waals surface area contributed by atoms with Gasteiger partial charge in [0.25, 0.3) is 11.8 Å². The summed E-state index contributed by atoms with van der Waals surface area (Å²) in [6.07, 6.45) is 2.53. The number of carbonyl (C=O) groups excluding carboxylic acids is 2. The van der Waals surface area contributed by atoms with Gasteiger partial charge in [0, 0.05) is 17.3 Å². The van der Waals surface area contributed by atoms with E-state index in [0.29, 0.717) is 27.9 Å². The van der Waals surface area contributed by atoms with Gasteiger partial charge in [-0.25, -0.2) is 9.78 Å². The number of fused-ring (bicyclic) bond motifs is 1. The number of aromatic nitrogens is 4. The minimum atomic E-state index is -1.21. The molecular formula is C17H18N8O5S3. The highest BCUT2D eigenvalue weighted by Crippen LogP contribution is 2.42. The van der Waals surface area contributed by atoms with E-state index in [2.05, 4.69) is 25.7 Å². The second-order valence-electron chi connectivity index (χ2n) is 6.94. The van der Waals surface area contributed by atoms with Crippen LogP contribution in [0.15, 0.2) is 32.4 Å². The maximum atomic E-state index is 12.8. The van der Waals surface area contributed by atoms with Crippen LogP contribution in [-0.2, 0) is 21.4 Å². The van der Waals surface area contributed by atoms with Crippen LogP contribution >= 0.6 is 34.9 Å². The number of hydrogen-bond acceptors (Lipinski definition) is 12. The van der Waals surface area contributed by atoms with Gasteiger partial charge in [0.15, 0.2) is 10.8 Å². The van der Waals surface area contributed by atoms with Gasteiger partial charge in [0.05, 0.1) is 17.3 Å². The number of aryl methyl sites for hydroxylation is 1. The standard InChI is InChI=1S/C17H18N8O5S3/c1-24-19-4-10(22-24)33-6-32-9-3-2-8-12(15(27)25(8)13(9)16(28)29)21-14(26)11(23-30)7-5-31-17(18)20-7/h4-5,8,12,30H,2-3,6H2,1H3,(H2,18,20)(H,21,26)(H,28,29)/b23-11-/t8-,12+/m1/s1. The summed E-state index contributed by atoms with van der Waals surface area (Å²) in [4.78, 5) is 44.4. The molecule has 0 spiro atoms. The second kappa shape index (κ2) is 9.40. The van der Waals surface area contributed by atoms with E-state index in [-0.39, 0.29) is 22.2 Å². The molecule has 0 bridgehead atoms. The summed E-state index contributed by atoms with van der Waals surface area (Å²) in [5.41, 5.74) is 5.18. The van der Waals surface area contributed by atoms with Gasteiger partial charge >= 0.3 is 5.97 Å². The van der Waals surface area contributed by atoms with Crippen molar-refractivity contribution in [2.75, 3.05) is 10.8 Å². The van der Waals surface area contributed by atoms with Crippen LogP contribution < -0.4 is 11.1 Å². The van der Waals surface area contributed by atoms with Crippen LogP contribution in [0.1, 0.15) is 18.5 Å². The van der Waals surface area contributed by atoms with Crippen LogP contribution in [0.5, 0.6) is 0 Å². The molecule has 2 aliphatic heterocycles. The quantitative estimate of drug-likeness (QED) is 0.0954. The minimum absolute atomic E-state index is 0.0742. The van der Waals surface area contributed by atoms with E-state index in [1.54, 1.807) is 13.2 Å². The number of nitrogens with zero attached hydrogens (tertiary/aromatic N) is 6. The minimum Gasteiger partial charge on any atom is -0.477 e. The van der Waals surface area contributed by atoms with Gasteiger partial charge in [-0.3, -0.25) is 14.5 Å². The zero-order valence-corrected chi connectivity index (χ0v) is 19.5. The van der Waals surface area contributed by atoms with Crippen molar-refractivity contribution in [3.63, 3.8) is 0 Å².